The largest absolute Gasteiger partial charge is 0.315 e. The van der Waals surface area contributed by atoms with Crippen molar-refractivity contribution >= 4 is 39.8 Å². The first-order valence-electron chi connectivity index (χ1n) is 5.99. The lowest BCUT2D eigenvalue weighted by Crippen LogP contribution is -2.13. The van der Waals surface area contributed by atoms with E-state index in [1.54, 1.807) is 31.2 Å². The normalized spacial score (nSPS) is 10.3. The van der Waals surface area contributed by atoms with E-state index < -0.39 is 0 Å². The maximum absolute atomic E-state index is 11.9. The van der Waals surface area contributed by atoms with Crippen molar-refractivity contribution in [3.05, 3.63) is 46.1 Å². The molecule has 4 nitrogen and oxygen atoms in total. The maximum atomic E-state index is 11.9. The van der Waals surface area contributed by atoms with Crippen LogP contribution in [0.1, 0.15) is 28.5 Å². The van der Waals surface area contributed by atoms with Gasteiger partial charge in [0.1, 0.15) is 5.00 Å². The van der Waals surface area contributed by atoms with Gasteiger partial charge < -0.3 is 5.32 Å². The number of nitrogens with one attached hydrogen (secondary N) is 1. The number of anilines is 1. The van der Waals surface area contributed by atoms with E-state index in [4.69, 9.17) is 11.6 Å². The maximum Gasteiger partial charge on any atom is 0.229 e. The molecule has 1 amide bonds. The van der Waals surface area contributed by atoms with Crippen LogP contribution in [0, 0.1) is 6.92 Å². The van der Waals surface area contributed by atoms with Crippen LogP contribution < -0.4 is 5.32 Å². The molecule has 1 N–H and O–H groups in total. The Morgan fingerprint density at radius 1 is 1.30 bits per heavy atom. The van der Waals surface area contributed by atoms with E-state index in [9.17, 15) is 9.59 Å². The van der Waals surface area contributed by atoms with Gasteiger partial charge >= 0.3 is 0 Å². The highest BCUT2D eigenvalue weighted by atomic mass is 35.5. The third-order valence-electron chi connectivity index (χ3n) is 2.77. The molecular formula is C14H13ClN2O2S. The van der Waals surface area contributed by atoms with E-state index in [-0.39, 0.29) is 18.1 Å². The Kier molecular flexibility index (Phi) is 4.52. The van der Waals surface area contributed by atoms with Crippen LogP contribution in [0.3, 0.4) is 0 Å². The average Bonchev–Trinajstić information content (AvgIpc) is 2.71. The zero-order valence-corrected chi connectivity index (χ0v) is 12.6. The van der Waals surface area contributed by atoms with Gasteiger partial charge in [0, 0.05) is 5.56 Å². The van der Waals surface area contributed by atoms with E-state index in [1.807, 2.05) is 0 Å². The van der Waals surface area contributed by atoms with Crippen molar-refractivity contribution in [1.82, 2.24) is 4.37 Å². The number of hydrogen-bond donors (Lipinski definition) is 1. The van der Waals surface area contributed by atoms with Crippen LogP contribution in [0.5, 0.6) is 0 Å². The number of carbonyl (C=O) groups excluding carboxylic acids is 2. The molecule has 0 fully saturated rings. The Morgan fingerprint density at radius 3 is 2.45 bits per heavy atom. The summed E-state index contributed by atoms with van der Waals surface area (Å²) in [5, 5.41) is 3.78. The number of amides is 1. The molecule has 6 heteroatoms. The lowest BCUT2D eigenvalue weighted by atomic mass is 10.1. The topological polar surface area (TPSA) is 59.1 Å². The molecule has 0 saturated heterocycles. The summed E-state index contributed by atoms with van der Waals surface area (Å²) < 4.78 is 4.06. The zero-order valence-electron chi connectivity index (χ0n) is 11.1. The molecule has 0 aliphatic carbocycles. The Balaban J connectivity index is 2.01. The summed E-state index contributed by atoms with van der Waals surface area (Å²) in [6.07, 6.45) is 0.228. The van der Waals surface area contributed by atoms with Gasteiger partial charge in [0.2, 0.25) is 5.91 Å². The molecule has 0 saturated carbocycles. The van der Waals surface area contributed by atoms with Gasteiger partial charge in [-0.25, -0.2) is 0 Å². The number of hydrogen-bond acceptors (Lipinski definition) is 4. The minimum absolute atomic E-state index is 0.00733. The average molecular weight is 309 g/mol. The predicted octanol–water partition coefficient (Wildman–Crippen LogP) is 3.49. The van der Waals surface area contributed by atoms with Crippen LogP contribution in [0.2, 0.25) is 5.02 Å². The number of carbonyl (C=O) groups is 2. The van der Waals surface area contributed by atoms with Gasteiger partial charge in [-0.05, 0) is 30.9 Å². The smallest absolute Gasteiger partial charge is 0.229 e. The second-order valence-corrected chi connectivity index (χ2v) is 5.54. The summed E-state index contributed by atoms with van der Waals surface area (Å²) in [7, 11) is 0. The van der Waals surface area contributed by atoms with Gasteiger partial charge in [0.25, 0.3) is 0 Å². The third kappa shape index (κ3) is 3.43. The molecule has 0 spiro atoms. The number of rotatable bonds is 4. The van der Waals surface area contributed by atoms with Crippen molar-refractivity contribution in [1.29, 1.82) is 0 Å². The molecule has 2 rings (SSSR count). The third-order valence-corrected chi connectivity index (χ3v) is 4.20. The van der Waals surface area contributed by atoms with Crippen molar-refractivity contribution in [2.24, 2.45) is 0 Å². The highest BCUT2D eigenvalue weighted by Crippen LogP contribution is 2.29. The molecular weight excluding hydrogens is 296 g/mol. The van der Waals surface area contributed by atoms with E-state index in [0.717, 1.165) is 17.1 Å². The first-order chi connectivity index (χ1) is 9.47. The minimum atomic E-state index is -0.161. The molecule has 20 heavy (non-hydrogen) atoms. The van der Waals surface area contributed by atoms with E-state index in [0.29, 0.717) is 21.3 Å². The molecule has 0 aliphatic heterocycles. The SMILES string of the molecule is CC(=O)c1ccc(CC(=O)Nc2snc(C)c2Cl)cc1. The number of ketones is 1. The van der Waals surface area contributed by atoms with Crippen LogP contribution in [-0.2, 0) is 11.2 Å². The summed E-state index contributed by atoms with van der Waals surface area (Å²) in [6.45, 7) is 3.30. The van der Waals surface area contributed by atoms with Crippen molar-refractivity contribution in [2.75, 3.05) is 5.32 Å². The second kappa shape index (κ2) is 6.15. The van der Waals surface area contributed by atoms with Gasteiger partial charge in [-0.1, -0.05) is 35.9 Å². The number of nitrogens with zero attached hydrogens (tertiary/aromatic N) is 1. The summed E-state index contributed by atoms with van der Waals surface area (Å²) in [4.78, 5) is 23.1. The van der Waals surface area contributed by atoms with Crippen LogP contribution in [-0.4, -0.2) is 16.1 Å². The summed E-state index contributed by atoms with van der Waals surface area (Å²) in [5.41, 5.74) is 2.18. The lowest BCUT2D eigenvalue weighted by Gasteiger charge is -2.04. The Morgan fingerprint density at radius 2 is 1.95 bits per heavy atom. The van der Waals surface area contributed by atoms with E-state index in [2.05, 4.69) is 9.69 Å². The number of benzene rings is 1. The molecule has 1 heterocycles. The summed E-state index contributed by atoms with van der Waals surface area (Å²) in [5.74, 6) is -0.154. The van der Waals surface area contributed by atoms with Gasteiger partial charge in [-0.15, -0.1) is 0 Å². The van der Waals surface area contributed by atoms with Gasteiger partial charge in [0.15, 0.2) is 5.78 Å². The predicted molar refractivity (Wildman–Crippen MR) is 80.6 cm³/mol. The Labute approximate surface area is 125 Å². The molecule has 0 unspecified atom stereocenters. The van der Waals surface area contributed by atoms with Crippen LogP contribution in [0.25, 0.3) is 0 Å². The van der Waals surface area contributed by atoms with Crippen LogP contribution in [0.4, 0.5) is 5.00 Å². The molecule has 1 aromatic carbocycles. The molecule has 2 aromatic rings. The Hall–Kier alpha value is -1.72. The van der Waals surface area contributed by atoms with Crippen LogP contribution >= 0.6 is 23.1 Å². The first-order valence-corrected chi connectivity index (χ1v) is 7.14. The zero-order chi connectivity index (χ0) is 14.7. The van der Waals surface area contributed by atoms with Crippen molar-refractivity contribution in [3.8, 4) is 0 Å². The molecule has 104 valence electrons. The molecule has 0 aliphatic rings. The fraction of sp³-hybridized carbons (Fsp3) is 0.214. The fourth-order valence-corrected chi connectivity index (χ4v) is 2.60. The van der Waals surface area contributed by atoms with E-state index >= 15 is 0 Å². The van der Waals surface area contributed by atoms with Gasteiger partial charge in [-0.2, -0.15) is 4.37 Å². The standard InChI is InChI=1S/C14H13ClN2O2S/c1-8-13(15)14(20-17-8)16-12(19)7-10-3-5-11(6-4-10)9(2)18/h3-6H,7H2,1-2H3,(H,16,19). The monoisotopic (exact) mass is 308 g/mol. The van der Waals surface area contributed by atoms with Crippen LogP contribution in [0.15, 0.2) is 24.3 Å². The first kappa shape index (κ1) is 14.7. The number of Topliss-reactive ketones (excluding diaryl/α,β-unsaturated/α-hetero) is 1. The lowest BCUT2D eigenvalue weighted by molar-refractivity contribution is -0.115. The number of aryl methyl sites for hydroxylation is 1. The van der Waals surface area contributed by atoms with Gasteiger partial charge in [0.05, 0.1) is 17.1 Å². The molecule has 0 bridgehead atoms. The number of halogens is 1. The quantitative estimate of drug-likeness (QED) is 0.880. The van der Waals surface area contributed by atoms with Crippen molar-refractivity contribution < 1.29 is 9.59 Å². The molecule has 1 aromatic heterocycles. The van der Waals surface area contributed by atoms with Gasteiger partial charge in [-0.3, -0.25) is 9.59 Å². The highest BCUT2D eigenvalue weighted by Gasteiger charge is 2.12. The minimum Gasteiger partial charge on any atom is -0.315 e. The van der Waals surface area contributed by atoms with Crippen molar-refractivity contribution in [3.63, 3.8) is 0 Å². The summed E-state index contributed by atoms with van der Waals surface area (Å²) >= 11 is 7.17. The summed E-state index contributed by atoms with van der Waals surface area (Å²) in [6, 6.07) is 6.98. The highest BCUT2D eigenvalue weighted by molar-refractivity contribution is 7.11. The second-order valence-electron chi connectivity index (χ2n) is 4.39. The molecule has 0 radical (unpaired) electrons. The van der Waals surface area contributed by atoms with Crippen molar-refractivity contribution in [2.45, 2.75) is 20.3 Å². The number of aromatic nitrogens is 1. The molecule has 0 atom stereocenters. The Bertz CT molecular complexity index is 650. The van der Waals surface area contributed by atoms with E-state index in [1.165, 1.54) is 6.92 Å². The fourth-order valence-electron chi connectivity index (χ4n) is 1.65.